The largest absolute Gasteiger partial charge is 0.753 e. The second-order valence-electron chi connectivity index (χ2n) is 12.5. The number of rotatable bonds is 8. The number of isothiocyanates is 1. The summed E-state index contributed by atoms with van der Waals surface area (Å²) >= 11 is 3.70. The molecular weight excluding hydrogens is 709 g/mol. The molecule has 262 valence electrons. The first kappa shape index (κ1) is 38.2. The Balaban J connectivity index is 0.000000172. The fourth-order valence-corrected chi connectivity index (χ4v) is 13.5. The molecule has 0 aliphatic rings. The quantitative estimate of drug-likeness (QED) is 0.0862. The third-order valence-corrected chi connectivity index (χ3v) is 15.9. The summed E-state index contributed by atoms with van der Waals surface area (Å²) in [7, 11) is -2.50. The van der Waals surface area contributed by atoms with E-state index in [1.165, 1.54) is 59.0 Å². The fourth-order valence-electron chi connectivity index (χ4n) is 6.73. The smallest absolute Gasteiger partial charge is 0.144 e. The molecule has 54 heavy (non-hydrogen) atoms. The van der Waals surface area contributed by atoms with Crippen molar-refractivity contribution in [1.82, 2.24) is 0 Å². The Kier molecular flexibility index (Phi) is 13.8. The molecule has 8 rings (SSSR count). The van der Waals surface area contributed by atoms with Gasteiger partial charge in [0.15, 0.2) is 0 Å². The number of thiocarbonyl (C=S) groups is 1. The molecule has 0 amide bonds. The molecule has 0 saturated heterocycles. The van der Waals surface area contributed by atoms with Crippen molar-refractivity contribution < 1.29 is 0 Å². The highest BCUT2D eigenvalue weighted by Crippen LogP contribution is 2.54. The zero-order chi connectivity index (χ0) is 37.4. The second-order valence-corrected chi connectivity index (χ2v) is 18.3. The van der Waals surface area contributed by atoms with Crippen LogP contribution in [-0.4, -0.2) is 5.16 Å². The SMILES string of the molecule is Cc1ccc(-c2ccccc2P(c2ccccc2)c2ccccc2)cc1.[N-]=C=S.c1ccc([P+](c2ccccc2)(c2ccccc2)c2ccccc2)cc1. The normalized spacial score (nSPS) is 10.6. The van der Waals surface area contributed by atoms with Gasteiger partial charge in [-0.25, -0.2) is 0 Å². The number of benzene rings is 8. The molecule has 0 heterocycles. The lowest BCUT2D eigenvalue weighted by Gasteiger charge is -2.27. The Morgan fingerprint density at radius 1 is 0.407 bits per heavy atom. The molecule has 0 atom stereocenters. The monoisotopic (exact) mass is 749 g/mol. The molecule has 0 unspecified atom stereocenters. The van der Waals surface area contributed by atoms with Gasteiger partial charge in [-0.3, -0.25) is 0 Å². The summed E-state index contributed by atoms with van der Waals surface area (Å²) in [6.45, 7) is 2.14. The highest BCUT2D eigenvalue weighted by molar-refractivity contribution is 8.01. The number of aryl methyl sites for hydroxylation is 1. The molecule has 1 nitrogen and oxygen atoms in total. The van der Waals surface area contributed by atoms with Gasteiger partial charge in [0, 0.05) is 0 Å². The maximum absolute atomic E-state index is 7.13. The van der Waals surface area contributed by atoms with Gasteiger partial charge >= 0.3 is 0 Å². The van der Waals surface area contributed by atoms with Crippen LogP contribution < -0.4 is 37.1 Å². The van der Waals surface area contributed by atoms with Crippen LogP contribution in [0.3, 0.4) is 0 Å². The highest BCUT2D eigenvalue weighted by atomic mass is 32.1. The third kappa shape index (κ3) is 8.95. The first-order chi connectivity index (χ1) is 26.7. The van der Waals surface area contributed by atoms with Gasteiger partial charge in [-0.15, -0.1) is 0 Å². The minimum atomic E-state index is -1.91. The topological polar surface area (TPSA) is 22.3 Å². The Hall–Kier alpha value is -5.58. The molecule has 8 aromatic rings. The van der Waals surface area contributed by atoms with Gasteiger partial charge in [0.05, 0.1) is 0 Å². The van der Waals surface area contributed by atoms with Crippen LogP contribution >= 0.6 is 27.4 Å². The van der Waals surface area contributed by atoms with Crippen LogP contribution in [0, 0.1) is 6.92 Å². The summed E-state index contributed by atoms with van der Waals surface area (Å²) in [5.74, 6) is 0. The van der Waals surface area contributed by atoms with Gasteiger partial charge in [-0.1, -0.05) is 200 Å². The number of hydrogen-bond acceptors (Lipinski definition) is 1. The maximum atomic E-state index is 7.13. The molecule has 0 aromatic heterocycles. The van der Waals surface area contributed by atoms with Crippen LogP contribution in [0.25, 0.3) is 16.5 Å². The van der Waals surface area contributed by atoms with E-state index in [9.17, 15) is 0 Å². The molecular formula is C50H41NP2S. The van der Waals surface area contributed by atoms with E-state index in [2.05, 4.69) is 250 Å². The van der Waals surface area contributed by atoms with E-state index in [1.54, 1.807) is 0 Å². The Bertz CT molecular complexity index is 2130. The summed E-state index contributed by atoms with van der Waals surface area (Å²) < 4.78 is 0. The molecule has 0 saturated carbocycles. The third-order valence-electron chi connectivity index (χ3n) is 9.11. The van der Waals surface area contributed by atoms with Crippen molar-refractivity contribution in [1.29, 1.82) is 0 Å². The molecule has 8 aromatic carbocycles. The van der Waals surface area contributed by atoms with Crippen LogP contribution in [0.15, 0.2) is 231 Å². The molecule has 0 spiro atoms. The van der Waals surface area contributed by atoms with Crippen LogP contribution in [0.4, 0.5) is 0 Å². The van der Waals surface area contributed by atoms with Gasteiger partial charge < -0.3 is 5.41 Å². The Labute approximate surface area is 327 Å². The molecule has 0 aliphatic carbocycles. The summed E-state index contributed by atoms with van der Waals surface area (Å²) in [4.78, 5) is 0. The van der Waals surface area contributed by atoms with Crippen molar-refractivity contribution in [3.8, 4) is 11.1 Å². The van der Waals surface area contributed by atoms with Crippen LogP contribution in [0.2, 0.25) is 0 Å². The van der Waals surface area contributed by atoms with E-state index in [4.69, 9.17) is 5.41 Å². The van der Waals surface area contributed by atoms with Crippen molar-refractivity contribution in [3.63, 3.8) is 0 Å². The van der Waals surface area contributed by atoms with Gasteiger partial charge in [-0.05, 0) is 90.4 Å². The summed E-state index contributed by atoms with van der Waals surface area (Å²) in [5, 5.41) is 18.2. The predicted molar refractivity (Wildman–Crippen MR) is 243 cm³/mol. The van der Waals surface area contributed by atoms with Crippen molar-refractivity contribution in [2.75, 3.05) is 0 Å². The Morgan fingerprint density at radius 3 is 1.06 bits per heavy atom. The molecule has 0 fully saturated rings. The summed E-state index contributed by atoms with van der Waals surface area (Å²) in [5.41, 5.74) is 3.90. The lowest BCUT2D eigenvalue weighted by atomic mass is 10.0. The van der Waals surface area contributed by atoms with Crippen molar-refractivity contribution in [3.05, 3.63) is 241 Å². The van der Waals surface area contributed by atoms with Gasteiger partial charge in [0.1, 0.15) is 28.5 Å². The lowest BCUT2D eigenvalue weighted by Crippen LogP contribution is -2.38. The number of nitrogens with zero attached hydrogens (tertiary/aromatic N) is 1. The van der Waals surface area contributed by atoms with E-state index < -0.39 is 15.2 Å². The highest BCUT2D eigenvalue weighted by Gasteiger charge is 2.47. The van der Waals surface area contributed by atoms with Crippen LogP contribution in [0.1, 0.15) is 5.56 Å². The van der Waals surface area contributed by atoms with Gasteiger partial charge in [-0.2, -0.15) is 5.16 Å². The molecule has 0 radical (unpaired) electrons. The zero-order valence-electron chi connectivity index (χ0n) is 30.2. The summed E-state index contributed by atoms with van der Waals surface area (Å²) in [6, 6.07) is 83.3. The van der Waals surface area contributed by atoms with Gasteiger partial charge in [0.25, 0.3) is 0 Å². The second kappa shape index (κ2) is 19.5. The van der Waals surface area contributed by atoms with Crippen molar-refractivity contribution in [2.45, 2.75) is 6.92 Å². The lowest BCUT2D eigenvalue weighted by molar-refractivity contribution is 1.47. The predicted octanol–water partition coefficient (Wildman–Crippen LogP) is 10.4. The van der Waals surface area contributed by atoms with Crippen molar-refractivity contribution in [2.24, 2.45) is 0 Å². The fraction of sp³-hybridized carbons (Fsp3) is 0.0200. The zero-order valence-corrected chi connectivity index (χ0v) is 32.8. The van der Waals surface area contributed by atoms with Crippen molar-refractivity contribution >= 4 is 69.7 Å². The number of hydrogen-bond donors (Lipinski definition) is 0. The maximum Gasteiger partial charge on any atom is 0.144 e. The van der Waals surface area contributed by atoms with Crippen LogP contribution in [-0.2, 0) is 0 Å². The van der Waals surface area contributed by atoms with E-state index in [0.717, 1.165) is 0 Å². The Morgan fingerprint density at radius 2 is 0.704 bits per heavy atom. The minimum Gasteiger partial charge on any atom is -0.753 e. The van der Waals surface area contributed by atoms with E-state index in [1.807, 2.05) is 0 Å². The first-order valence-corrected chi connectivity index (χ1v) is 21.4. The average Bonchev–Trinajstić information content (AvgIpc) is 3.25. The van der Waals surface area contributed by atoms with E-state index >= 15 is 0 Å². The average molecular weight is 750 g/mol. The molecule has 0 N–H and O–H groups in total. The molecule has 0 bridgehead atoms. The standard InChI is InChI=1S/C25H21P.C24H20P.CNS/c1-20-16-18-21(19-17-20)24-14-8-9-15-25(24)26(22-10-4-2-5-11-22)23-12-6-3-7-13-23;1-5-13-21(14-6-1)25(22-15-7-2-8-16-22,23-17-9-3-10-18-23)24-19-11-4-12-20-24;2-1-3/h2-19H,1H3;1-20H;/q;+1;-1. The molecule has 0 aliphatic heterocycles. The summed E-state index contributed by atoms with van der Waals surface area (Å²) in [6.07, 6.45) is 0. The minimum absolute atomic E-state index is 0.598. The first-order valence-electron chi connectivity index (χ1n) is 17.9. The van der Waals surface area contributed by atoms with Crippen LogP contribution in [0.5, 0.6) is 0 Å². The van der Waals surface area contributed by atoms with E-state index in [0.29, 0.717) is 0 Å². The van der Waals surface area contributed by atoms with Gasteiger partial charge in [0.2, 0.25) is 0 Å². The molecule has 4 heteroatoms. The van der Waals surface area contributed by atoms with E-state index in [-0.39, 0.29) is 0 Å².